The van der Waals surface area contributed by atoms with Crippen LogP contribution in [0.25, 0.3) is 11.6 Å². The highest BCUT2D eigenvalue weighted by Crippen LogP contribution is 2.24. The van der Waals surface area contributed by atoms with E-state index in [2.05, 4.69) is 30.3 Å². The van der Waals surface area contributed by atoms with Gasteiger partial charge in [-0.15, -0.1) is 0 Å². The van der Waals surface area contributed by atoms with Crippen LogP contribution in [0.1, 0.15) is 20.8 Å². The minimum Gasteiger partial charge on any atom is -0.461 e. The second-order valence-electron chi connectivity index (χ2n) is 4.27. The Morgan fingerprint density at radius 3 is 2.71 bits per heavy atom. The van der Waals surface area contributed by atoms with Gasteiger partial charge in [0.05, 0.1) is 6.26 Å². The van der Waals surface area contributed by atoms with Gasteiger partial charge in [0.25, 0.3) is 0 Å². The summed E-state index contributed by atoms with van der Waals surface area (Å²) in [4.78, 5) is 4.29. The third kappa shape index (κ3) is 1.45. The molecule has 0 N–H and O–H groups in total. The molecule has 0 saturated carbocycles. The molecule has 2 heterocycles. The summed E-state index contributed by atoms with van der Waals surface area (Å²) in [7, 11) is 0. The Bertz CT molecular complexity index is 407. The second kappa shape index (κ2) is 3.01. The van der Waals surface area contributed by atoms with Crippen molar-refractivity contribution < 1.29 is 4.42 Å². The fourth-order valence-corrected chi connectivity index (χ4v) is 1.43. The number of hydrogen-bond donors (Lipinski definition) is 0. The first-order valence-corrected chi connectivity index (χ1v) is 4.67. The van der Waals surface area contributed by atoms with Crippen LogP contribution in [0.2, 0.25) is 0 Å². The fraction of sp³-hybridized carbons (Fsp3) is 0.364. The predicted molar refractivity (Wildman–Crippen MR) is 54.9 cm³/mol. The summed E-state index contributed by atoms with van der Waals surface area (Å²) < 4.78 is 7.43. The molecule has 0 atom stereocenters. The average molecular weight is 190 g/mol. The maximum absolute atomic E-state index is 5.33. The third-order valence-electron chi connectivity index (χ3n) is 2.11. The van der Waals surface area contributed by atoms with Gasteiger partial charge < -0.3 is 8.98 Å². The van der Waals surface area contributed by atoms with Crippen molar-refractivity contribution in [3.05, 3.63) is 30.8 Å². The highest BCUT2D eigenvalue weighted by molar-refractivity contribution is 5.47. The van der Waals surface area contributed by atoms with E-state index in [9.17, 15) is 0 Å². The van der Waals surface area contributed by atoms with Crippen molar-refractivity contribution in [1.82, 2.24) is 9.55 Å². The largest absolute Gasteiger partial charge is 0.461 e. The predicted octanol–water partition coefficient (Wildman–Crippen LogP) is 2.90. The van der Waals surface area contributed by atoms with Gasteiger partial charge in [0.2, 0.25) is 0 Å². The van der Waals surface area contributed by atoms with Gasteiger partial charge in [-0.25, -0.2) is 4.98 Å². The number of imidazole rings is 1. The van der Waals surface area contributed by atoms with Gasteiger partial charge in [-0.2, -0.15) is 0 Å². The van der Waals surface area contributed by atoms with E-state index in [0.29, 0.717) is 0 Å². The molecule has 3 nitrogen and oxygen atoms in total. The Kier molecular flexibility index (Phi) is 1.95. The van der Waals surface area contributed by atoms with Crippen LogP contribution in [-0.4, -0.2) is 9.55 Å². The molecule has 0 spiro atoms. The van der Waals surface area contributed by atoms with Crippen molar-refractivity contribution in [3.63, 3.8) is 0 Å². The lowest BCUT2D eigenvalue weighted by atomic mass is 10.1. The minimum absolute atomic E-state index is 0.0264. The van der Waals surface area contributed by atoms with Crippen molar-refractivity contribution in [2.45, 2.75) is 26.3 Å². The van der Waals surface area contributed by atoms with E-state index in [1.165, 1.54) is 0 Å². The van der Waals surface area contributed by atoms with Crippen molar-refractivity contribution in [1.29, 1.82) is 0 Å². The Morgan fingerprint density at radius 2 is 2.14 bits per heavy atom. The van der Waals surface area contributed by atoms with Gasteiger partial charge >= 0.3 is 0 Å². The number of aromatic nitrogens is 2. The van der Waals surface area contributed by atoms with Crippen LogP contribution in [0.4, 0.5) is 0 Å². The zero-order chi connectivity index (χ0) is 10.2. The maximum atomic E-state index is 5.33. The summed E-state index contributed by atoms with van der Waals surface area (Å²) in [5.41, 5.74) is 0.0264. The van der Waals surface area contributed by atoms with Gasteiger partial charge in [-0.1, -0.05) is 0 Å². The molecule has 0 fully saturated rings. The first-order valence-electron chi connectivity index (χ1n) is 4.67. The van der Waals surface area contributed by atoms with Crippen LogP contribution in [0.15, 0.2) is 35.2 Å². The average Bonchev–Trinajstić information content (AvgIpc) is 2.73. The molecule has 0 saturated heterocycles. The summed E-state index contributed by atoms with van der Waals surface area (Å²) in [6, 6.07) is 3.79. The molecule has 0 aliphatic carbocycles. The van der Waals surface area contributed by atoms with E-state index in [1.54, 1.807) is 12.5 Å². The van der Waals surface area contributed by atoms with E-state index < -0.39 is 0 Å². The number of furan rings is 1. The topological polar surface area (TPSA) is 31.0 Å². The Hall–Kier alpha value is -1.51. The summed E-state index contributed by atoms with van der Waals surface area (Å²) in [6.45, 7) is 6.42. The van der Waals surface area contributed by atoms with Crippen molar-refractivity contribution in [2.75, 3.05) is 0 Å². The van der Waals surface area contributed by atoms with Crippen molar-refractivity contribution >= 4 is 0 Å². The lowest BCUT2D eigenvalue weighted by Crippen LogP contribution is -2.21. The van der Waals surface area contributed by atoms with Crippen LogP contribution in [0.3, 0.4) is 0 Å². The van der Waals surface area contributed by atoms with Gasteiger partial charge in [-0.3, -0.25) is 0 Å². The molecule has 14 heavy (non-hydrogen) atoms. The van der Waals surface area contributed by atoms with Crippen LogP contribution < -0.4 is 0 Å². The molecular formula is C11H14N2O. The first kappa shape index (κ1) is 9.06. The molecule has 0 amide bonds. The van der Waals surface area contributed by atoms with Gasteiger partial charge in [0.1, 0.15) is 0 Å². The first-order chi connectivity index (χ1) is 6.59. The molecule has 2 rings (SSSR count). The second-order valence-corrected chi connectivity index (χ2v) is 4.27. The van der Waals surface area contributed by atoms with Crippen molar-refractivity contribution in [2.24, 2.45) is 0 Å². The summed E-state index contributed by atoms with van der Waals surface area (Å²) in [5, 5.41) is 0. The van der Waals surface area contributed by atoms with Crippen LogP contribution >= 0.6 is 0 Å². The lowest BCUT2D eigenvalue weighted by molar-refractivity contribution is 0.396. The Morgan fingerprint density at radius 1 is 1.36 bits per heavy atom. The Balaban J connectivity index is 2.51. The Labute approximate surface area is 83.4 Å². The number of rotatable bonds is 1. The smallest absolute Gasteiger partial charge is 0.176 e. The van der Waals surface area contributed by atoms with Crippen molar-refractivity contribution in [3.8, 4) is 11.6 Å². The van der Waals surface area contributed by atoms with Crippen LogP contribution in [0.5, 0.6) is 0 Å². The molecule has 0 aliphatic rings. The quantitative estimate of drug-likeness (QED) is 0.692. The van der Waals surface area contributed by atoms with Crippen LogP contribution in [-0.2, 0) is 5.54 Å². The zero-order valence-electron chi connectivity index (χ0n) is 8.69. The number of nitrogens with zero attached hydrogens (tertiary/aromatic N) is 2. The maximum Gasteiger partial charge on any atom is 0.176 e. The monoisotopic (exact) mass is 190 g/mol. The van der Waals surface area contributed by atoms with E-state index in [-0.39, 0.29) is 5.54 Å². The van der Waals surface area contributed by atoms with E-state index >= 15 is 0 Å². The highest BCUT2D eigenvalue weighted by Gasteiger charge is 2.18. The fourth-order valence-electron chi connectivity index (χ4n) is 1.43. The third-order valence-corrected chi connectivity index (χ3v) is 2.11. The molecule has 0 unspecified atom stereocenters. The highest BCUT2D eigenvalue weighted by atomic mass is 16.3. The van der Waals surface area contributed by atoms with Gasteiger partial charge in [0, 0.05) is 17.9 Å². The minimum atomic E-state index is 0.0264. The summed E-state index contributed by atoms with van der Waals surface area (Å²) >= 11 is 0. The molecule has 0 bridgehead atoms. The molecule has 0 aliphatic heterocycles. The SMILES string of the molecule is CC(C)(C)n1ccnc1-c1ccco1. The van der Waals surface area contributed by atoms with E-state index in [0.717, 1.165) is 11.6 Å². The molecule has 2 aromatic heterocycles. The standard InChI is InChI=1S/C11H14N2O/c1-11(2,3)13-7-6-12-10(13)9-5-4-8-14-9/h4-8H,1-3H3. The number of hydrogen-bond acceptors (Lipinski definition) is 2. The summed E-state index contributed by atoms with van der Waals surface area (Å²) in [6.07, 6.45) is 5.43. The van der Waals surface area contributed by atoms with Crippen LogP contribution in [0, 0.1) is 0 Å². The summed E-state index contributed by atoms with van der Waals surface area (Å²) in [5.74, 6) is 1.69. The normalized spacial score (nSPS) is 11.9. The van der Waals surface area contributed by atoms with E-state index in [4.69, 9.17) is 4.42 Å². The molecule has 2 aromatic rings. The van der Waals surface area contributed by atoms with Gasteiger partial charge in [0.15, 0.2) is 11.6 Å². The zero-order valence-corrected chi connectivity index (χ0v) is 8.69. The molecule has 3 heteroatoms. The molecule has 0 radical (unpaired) electrons. The molecule has 74 valence electrons. The molecular weight excluding hydrogens is 176 g/mol. The lowest BCUT2D eigenvalue weighted by Gasteiger charge is -2.22. The molecule has 0 aromatic carbocycles. The van der Waals surface area contributed by atoms with Gasteiger partial charge in [-0.05, 0) is 32.9 Å². The van der Waals surface area contributed by atoms with E-state index in [1.807, 2.05) is 18.3 Å².